The minimum absolute atomic E-state index is 0.104. The van der Waals surface area contributed by atoms with Crippen LogP contribution in [0.3, 0.4) is 0 Å². The first-order chi connectivity index (χ1) is 15.5. The van der Waals surface area contributed by atoms with E-state index < -0.39 is 23.8 Å². The highest BCUT2D eigenvalue weighted by atomic mass is 16.2. The number of aromatic nitrogens is 1. The number of nitrogens with zero attached hydrogens (tertiary/aromatic N) is 3. The molecule has 2 N–H and O–H groups in total. The van der Waals surface area contributed by atoms with Gasteiger partial charge >= 0.3 is 0 Å². The van der Waals surface area contributed by atoms with Gasteiger partial charge < -0.3 is 5.32 Å². The predicted octanol–water partition coefficient (Wildman–Crippen LogP) is 0.629. The van der Waals surface area contributed by atoms with Crippen LogP contribution in [0.2, 0.25) is 0 Å². The highest BCUT2D eigenvalue weighted by molar-refractivity contribution is 6.23. The lowest BCUT2D eigenvalue weighted by atomic mass is 10.0. The molecule has 32 heavy (non-hydrogen) atoms. The first-order valence-corrected chi connectivity index (χ1v) is 10.7. The molecule has 2 unspecified atom stereocenters. The summed E-state index contributed by atoms with van der Waals surface area (Å²) in [5.74, 6) is -1.96. The minimum atomic E-state index is -0.953. The van der Waals surface area contributed by atoms with E-state index in [1.165, 1.54) is 0 Å². The number of nitrogens with one attached hydrogen (secondary N) is 2. The van der Waals surface area contributed by atoms with Crippen LogP contribution in [0.15, 0.2) is 42.6 Å². The van der Waals surface area contributed by atoms with Crippen LogP contribution in [0.4, 0.5) is 0 Å². The van der Waals surface area contributed by atoms with Gasteiger partial charge in [0.25, 0.3) is 11.8 Å². The van der Waals surface area contributed by atoms with Gasteiger partial charge in [0, 0.05) is 38.8 Å². The Balaban J connectivity index is 1.38. The summed E-state index contributed by atoms with van der Waals surface area (Å²) in [6.07, 6.45) is 2.04. The maximum atomic E-state index is 13.1. The molecule has 2 aromatic rings. The molecule has 164 valence electrons. The summed E-state index contributed by atoms with van der Waals surface area (Å²) < 4.78 is 0. The number of carbonyl (C=O) groups is 4. The summed E-state index contributed by atoms with van der Waals surface area (Å²) in [5.41, 5.74) is 2.50. The molecule has 4 heterocycles. The van der Waals surface area contributed by atoms with Crippen molar-refractivity contribution < 1.29 is 19.2 Å². The zero-order valence-electron chi connectivity index (χ0n) is 17.4. The number of fused-ring (bicyclic) bond motifs is 1. The Morgan fingerprint density at radius 3 is 2.62 bits per heavy atom. The van der Waals surface area contributed by atoms with E-state index in [0.717, 1.165) is 35.8 Å². The smallest absolute Gasteiger partial charge is 0.262 e. The summed E-state index contributed by atoms with van der Waals surface area (Å²) >= 11 is 0. The van der Waals surface area contributed by atoms with E-state index in [1.807, 2.05) is 24.3 Å². The van der Waals surface area contributed by atoms with E-state index in [9.17, 15) is 19.2 Å². The molecule has 9 heteroatoms. The van der Waals surface area contributed by atoms with Gasteiger partial charge in [-0.05, 0) is 36.2 Å². The maximum absolute atomic E-state index is 13.1. The predicted molar refractivity (Wildman–Crippen MR) is 113 cm³/mol. The van der Waals surface area contributed by atoms with Crippen molar-refractivity contribution in [2.75, 3.05) is 19.6 Å². The number of benzene rings is 1. The Morgan fingerprint density at radius 1 is 1.00 bits per heavy atom. The van der Waals surface area contributed by atoms with Gasteiger partial charge in [0.15, 0.2) is 0 Å². The number of imide groups is 2. The SMILES string of the molecule is O=C1CCC(N2C(=O)c3ccc(CN4CCNCC4c4ccccn4)cc3C2=O)C(=O)N1. The van der Waals surface area contributed by atoms with Crippen LogP contribution in [0.5, 0.6) is 0 Å². The second-order valence-corrected chi connectivity index (χ2v) is 8.27. The number of rotatable bonds is 4. The largest absolute Gasteiger partial charge is 0.313 e. The van der Waals surface area contributed by atoms with Crippen molar-refractivity contribution in [3.63, 3.8) is 0 Å². The van der Waals surface area contributed by atoms with Gasteiger partial charge in [-0.2, -0.15) is 0 Å². The van der Waals surface area contributed by atoms with Crippen molar-refractivity contribution in [3.8, 4) is 0 Å². The zero-order valence-corrected chi connectivity index (χ0v) is 17.4. The average molecular weight is 433 g/mol. The first-order valence-electron chi connectivity index (χ1n) is 10.7. The van der Waals surface area contributed by atoms with Gasteiger partial charge in [-0.3, -0.25) is 39.3 Å². The van der Waals surface area contributed by atoms with Crippen molar-refractivity contribution in [2.24, 2.45) is 0 Å². The van der Waals surface area contributed by atoms with E-state index in [2.05, 4.69) is 20.5 Å². The Labute approximate surface area is 184 Å². The van der Waals surface area contributed by atoms with E-state index in [0.29, 0.717) is 17.7 Å². The fourth-order valence-electron chi connectivity index (χ4n) is 4.65. The van der Waals surface area contributed by atoms with E-state index in [-0.39, 0.29) is 24.8 Å². The van der Waals surface area contributed by atoms with Gasteiger partial charge in [-0.25, -0.2) is 0 Å². The fraction of sp³-hybridized carbons (Fsp3) is 0.348. The van der Waals surface area contributed by atoms with Crippen LogP contribution in [-0.2, 0) is 16.1 Å². The Hall–Kier alpha value is -3.43. The third kappa shape index (κ3) is 3.59. The highest BCUT2D eigenvalue weighted by Gasteiger charge is 2.44. The molecular formula is C23H23N5O4. The van der Waals surface area contributed by atoms with Gasteiger partial charge in [0.2, 0.25) is 11.8 Å². The lowest BCUT2D eigenvalue weighted by Gasteiger charge is -2.35. The van der Waals surface area contributed by atoms with E-state index in [1.54, 1.807) is 18.3 Å². The second kappa shape index (κ2) is 8.25. The topological polar surface area (TPSA) is 112 Å². The second-order valence-electron chi connectivity index (χ2n) is 8.27. The van der Waals surface area contributed by atoms with Crippen molar-refractivity contribution in [1.29, 1.82) is 0 Å². The lowest BCUT2D eigenvalue weighted by Crippen LogP contribution is -2.54. The molecule has 2 saturated heterocycles. The normalized spacial score (nSPS) is 23.9. The highest BCUT2D eigenvalue weighted by Crippen LogP contribution is 2.30. The summed E-state index contributed by atoms with van der Waals surface area (Å²) in [6, 6.07) is 10.3. The Bertz CT molecular complexity index is 1100. The molecule has 5 rings (SSSR count). The van der Waals surface area contributed by atoms with Crippen LogP contribution in [0, 0.1) is 0 Å². The quantitative estimate of drug-likeness (QED) is 0.680. The molecule has 3 aliphatic rings. The van der Waals surface area contributed by atoms with Gasteiger partial charge in [-0.15, -0.1) is 0 Å². The number of hydrogen-bond donors (Lipinski definition) is 2. The molecule has 0 radical (unpaired) electrons. The van der Waals surface area contributed by atoms with Crippen LogP contribution in [0.1, 0.15) is 50.9 Å². The fourth-order valence-corrected chi connectivity index (χ4v) is 4.65. The summed E-state index contributed by atoms with van der Waals surface area (Å²) in [6.45, 7) is 3.07. The number of piperazine rings is 1. The van der Waals surface area contributed by atoms with Crippen LogP contribution in [0.25, 0.3) is 0 Å². The maximum Gasteiger partial charge on any atom is 0.262 e. The molecular weight excluding hydrogens is 410 g/mol. The van der Waals surface area contributed by atoms with Gasteiger partial charge in [0.1, 0.15) is 6.04 Å². The third-order valence-electron chi connectivity index (χ3n) is 6.27. The molecule has 3 aliphatic heterocycles. The molecule has 0 aliphatic carbocycles. The number of hydrogen-bond acceptors (Lipinski definition) is 7. The average Bonchev–Trinajstić information content (AvgIpc) is 3.05. The standard InChI is InChI=1S/C23H23N5O4/c29-20-7-6-18(21(30)26-20)28-22(31)15-5-4-14(11-16(15)23(28)32)13-27-10-9-24-12-19(27)17-3-1-2-8-25-17/h1-5,8,11,18-19,24H,6-7,9-10,12-13H2,(H,26,29,30). The third-order valence-corrected chi connectivity index (χ3v) is 6.27. The summed E-state index contributed by atoms with van der Waals surface area (Å²) in [5, 5.41) is 5.62. The summed E-state index contributed by atoms with van der Waals surface area (Å²) in [4.78, 5) is 57.4. The minimum Gasteiger partial charge on any atom is -0.313 e. The van der Waals surface area contributed by atoms with Crippen LogP contribution < -0.4 is 10.6 Å². The molecule has 4 amide bonds. The first kappa shape index (κ1) is 20.5. The number of piperidine rings is 1. The van der Waals surface area contributed by atoms with Gasteiger partial charge in [0.05, 0.1) is 22.9 Å². The summed E-state index contributed by atoms with van der Waals surface area (Å²) in [7, 11) is 0. The van der Waals surface area contributed by atoms with Crippen LogP contribution in [-0.4, -0.2) is 64.1 Å². The van der Waals surface area contributed by atoms with Gasteiger partial charge in [-0.1, -0.05) is 12.1 Å². The van der Waals surface area contributed by atoms with Crippen molar-refractivity contribution in [1.82, 2.24) is 25.4 Å². The van der Waals surface area contributed by atoms with E-state index >= 15 is 0 Å². The van der Waals surface area contributed by atoms with Crippen molar-refractivity contribution in [3.05, 3.63) is 65.0 Å². The molecule has 1 aromatic heterocycles. The van der Waals surface area contributed by atoms with Crippen LogP contribution >= 0.6 is 0 Å². The molecule has 0 saturated carbocycles. The molecule has 2 fully saturated rings. The molecule has 9 nitrogen and oxygen atoms in total. The molecule has 2 atom stereocenters. The Morgan fingerprint density at radius 2 is 1.84 bits per heavy atom. The zero-order chi connectivity index (χ0) is 22.2. The number of carbonyl (C=O) groups excluding carboxylic acids is 4. The Kier molecular flexibility index (Phi) is 5.28. The molecule has 0 spiro atoms. The lowest BCUT2D eigenvalue weighted by molar-refractivity contribution is -0.136. The monoisotopic (exact) mass is 433 g/mol. The molecule has 1 aromatic carbocycles. The van der Waals surface area contributed by atoms with Crippen molar-refractivity contribution >= 4 is 23.6 Å². The number of amides is 4. The van der Waals surface area contributed by atoms with E-state index in [4.69, 9.17) is 0 Å². The molecule has 0 bridgehead atoms. The number of pyridine rings is 1. The van der Waals surface area contributed by atoms with Crippen molar-refractivity contribution in [2.45, 2.75) is 31.5 Å².